The van der Waals surface area contributed by atoms with Crippen LogP contribution in [0.4, 0.5) is 0 Å². The maximum atomic E-state index is 17.0. The van der Waals surface area contributed by atoms with Crippen LogP contribution >= 0.6 is 7.14 Å². The minimum Gasteiger partial charge on any atom is -0.308 e. The minimum atomic E-state index is -3.53. The molecule has 12 aromatic rings. The first-order valence-electron chi connectivity index (χ1n) is 20.8. The van der Waals surface area contributed by atoms with Gasteiger partial charge >= 0.3 is 0 Å². The SMILES string of the molecule is O=P1(c2ccccc2)c2c(-c3c4ccccc4c(-c4cc5ccccc5c5ccccc45)c4ccccc34)cccc2-n2c(-c3ccc4ccccc4c3)nc3cccc1c32. The van der Waals surface area contributed by atoms with Crippen molar-refractivity contribution in [2.75, 3.05) is 0 Å². The molecule has 1 unspecified atom stereocenters. The van der Waals surface area contributed by atoms with E-state index < -0.39 is 7.14 Å². The van der Waals surface area contributed by atoms with Gasteiger partial charge in [-0.25, -0.2) is 4.98 Å². The molecule has 1 aliphatic heterocycles. The zero-order valence-corrected chi connectivity index (χ0v) is 33.9. The average molecular weight is 795 g/mol. The molecule has 0 radical (unpaired) electrons. The fourth-order valence-corrected chi connectivity index (χ4v) is 13.6. The molecule has 1 aromatic heterocycles. The van der Waals surface area contributed by atoms with Gasteiger partial charge in [-0.1, -0.05) is 182 Å². The lowest BCUT2D eigenvalue weighted by Crippen LogP contribution is -2.34. The molecule has 11 aromatic carbocycles. The summed E-state index contributed by atoms with van der Waals surface area (Å²) in [6.45, 7) is 0. The molecular formula is C57H35N2OP. The Hall–Kier alpha value is -7.58. The maximum absolute atomic E-state index is 17.0. The van der Waals surface area contributed by atoms with Crippen molar-refractivity contribution in [3.05, 3.63) is 212 Å². The van der Waals surface area contributed by atoms with E-state index in [2.05, 4.69) is 180 Å². The summed E-state index contributed by atoms with van der Waals surface area (Å²) in [7, 11) is -3.53. The summed E-state index contributed by atoms with van der Waals surface area (Å²) in [6.07, 6.45) is 0. The number of hydrogen-bond donors (Lipinski definition) is 0. The van der Waals surface area contributed by atoms with Gasteiger partial charge in [-0.15, -0.1) is 0 Å². The highest BCUT2D eigenvalue weighted by atomic mass is 31.2. The average Bonchev–Trinajstić information content (AvgIpc) is 3.73. The monoisotopic (exact) mass is 794 g/mol. The zero-order valence-electron chi connectivity index (χ0n) is 33.0. The van der Waals surface area contributed by atoms with Crippen LogP contribution in [-0.4, -0.2) is 9.55 Å². The molecule has 0 aliphatic carbocycles. The van der Waals surface area contributed by atoms with Gasteiger partial charge in [-0.3, -0.25) is 4.57 Å². The third-order valence-electron chi connectivity index (χ3n) is 12.9. The molecule has 0 spiro atoms. The standard InChI is InChI=1S/C57H35N2OP/c60-61(40-19-2-1-3-20-40)52-31-15-29-50-55(52)59(57(58-50)39-33-32-36-16-4-5-17-37(36)34-39)51-30-14-28-48(56(51)61)53-44-24-10-12-26-46(44)54(47-27-13-11-25-45(47)53)49-35-38-18-6-7-21-41(38)42-22-8-9-23-43(42)49/h1-35H. The van der Waals surface area contributed by atoms with Crippen LogP contribution in [0.2, 0.25) is 0 Å². The van der Waals surface area contributed by atoms with E-state index in [0.717, 1.165) is 82.1 Å². The normalized spacial score (nSPS) is 14.7. The van der Waals surface area contributed by atoms with Gasteiger partial charge in [0.05, 0.1) is 22.0 Å². The molecular weight excluding hydrogens is 760 g/mol. The van der Waals surface area contributed by atoms with E-state index in [1.807, 2.05) is 36.4 Å². The molecule has 13 rings (SSSR count). The fourth-order valence-electron chi connectivity index (χ4n) is 10.4. The van der Waals surface area contributed by atoms with Crippen molar-refractivity contribution in [2.45, 2.75) is 0 Å². The zero-order chi connectivity index (χ0) is 40.2. The van der Waals surface area contributed by atoms with Crippen molar-refractivity contribution in [3.63, 3.8) is 0 Å². The lowest BCUT2D eigenvalue weighted by Gasteiger charge is -2.32. The molecule has 284 valence electrons. The van der Waals surface area contributed by atoms with Crippen molar-refractivity contribution >= 4 is 88.0 Å². The van der Waals surface area contributed by atoms with E-state index >= 15 is 4.57 Å². The van der Waals surface area contributed by atoms with Crippen molar-refractivity contribution in [1.29, 1.82) is 0 Å². The molecule has 1 atom stereocenters. The number of hydrogen-bond acceptors (Lipinski definition) is 2. The molecule has 61 heavy (non-hydrogen) atoms. The van der Waals surface area contributed by atoms with Crippen LogP contribution < -0.4 is 15.9 Å². The number of imidazole rings is 1. The van der Waals surface area contributed by atoms with E-state index in [1.165, 1.54) is 38.1 Å². The number of rotatable bonds is 4. The van der Waals surface area contributed by atoms with Crippen LogP contribution in [0.3, 0.4) is 0 Å². The second kappa shape index (κ2) is 13.0. The highest BCUT2D eigenvalue weighted by molar-refractivity contribution is 7.86. The third kappa shape index (κ3) is 4.81. The van der Waals surface area contributed by atoms with Crippen LogP contribution in [0.15, 0.2) is 212 Å². The predicted octanol–water partition coefficient (Wildman–Crippen LogP) is 13.7. The van der Waals surface area contributed by atoms with E-state index in [0.29, 0.717) is 0 Å². The first-order valence-corrected chi connectivity index (χ1v) is 22.5. The Bertz CT molecular complexity index is 3810. The summed E-state index contributed by atoms with van der Waals surface area (Å²) in [4.78, 5) is 5.36. The van der Waals surface area contributed by atoms with Crippen molar-refractivity contribution < 1.29 is 4.57 Å². The first kappa shape index (κ1) is 34.3. The van der Waals surface area contributed by atoms with Crippen LogP contribution in [0, 0.1) is 0 Å². The number of aromatic nitrogens is 2. The molecule has 0 bridgehead atoms. The number of fused-ring (bicyclic) bond motifs is 8. The summed E-state index contributed by atoms with van der Waals surface area (Å²) < 4.78 is 19.3. The molecule has 3 nitrogen and oxygen atoms in total. The van der Waals surface area contributed by atoms with Gasteiger partial charge in [0.25, 0.3) is 0 Å². The summed E-state index contributed by atoms with van der Waals surface area (Å²) in [6, 6.07) is 75.2. The van der Waals surface area contributed by atoms with Crippen molar-refractivity contribution in [1.82, 2.24) is 9.55 Å². The molecule has 2 heterocycles. The maximum Gasteiger partial charge on any atom is 0.175 e. The van der Waals surface area contributed by atoms with E-state index in [9.17, 15) is 0 Å². The minimum absolute atomic E-state index is 0.809. The highest BCUT2D eigenvalue weighted by Gasteiger charge is 2.42. The highest BCUT2D eigenvalue weighted by Crippen LogP contribution is 2.54. The van der Waals surface area contributed by atoms with Gasteiger partial charge in [0, 0.05) is 16.2 Å². The van der Waals surface area contributed by atoms with Gasteiger partial charge < -0.3 is 4.57 Å². The largest absolute Gasteiger partial charge is 0.308 e. The van der Waals surface area contributed by atoms with Gasteiger partial charge in [0.2, 0.25) is 0 Å². The predicted molar refractivity (Wildman–Crippen MR) is 258 cm³/mol. The summed E-state index contributed by atoms with van der Waals surface area (Å²) in [5.74, 6) is 0.833. The Morgan fingerprint density at radius 3 is 1.70 bits per heavy atom. The quantitative estimate of drug-likeness (QED) is 0.101. The van der Waals surface area contributed by atoms with Crippen LogP contribution in [-0.2, 0) is 4.57 Å². The lowest BCUT2D eigenvalue weighted by atomic mass is 9.83. The van der Waals surface area contributed by atoms with Gasteiger partial charge in [-0.2, -0.15) is 0 Å². The third-order valence-corrected chi connectivity index (χ3v) is 16.1. The van der Waals surface area contributed by atoms with Crippen LogP contribution in [0.5, 0.6) is 0 Å². The second-order valence-corrected chi connectivity index (χ2v) is 18.8. The first-order chi connectivity index (χ1) is 30.2. The number of nitrogens with zero attached hydrogens (tertiary/aromatic N) is 2. The van der Waals surface area contributed by atoms with E-state index in [4.69, 9.17) is 4.98 Å². The van der Waals surface area contributed by atoms with Gasteiger partial charge in [-0.05, 0) is 106 Å². The van der Waals surface area contributed by atoms with E-state index in [1.54, 1.807) is 0 Å². The molecule has 0 N–H and O–H groups in total. The Labute approximate surface area is 352 Å². The molecule has 0 fully saturated rings. The molecule has 0 saturated carbocycles. The smallest absolute Gasteiger partial charge is 0.175 e. The molecule has 0 amide bonds. The van der Waals surface area contributed by atoms with Crippen molar-refractivity contribution in [2.24, 2.45) is 0 Å². The van der Waals surface area contributed by atoms with Gasteiger partial charge in [0.15, 0.2) is 7.14 Å². The topological polar surface area (TPSA) is 34.9 Å². The summed E-state index contributed by atoms with van der Waals surface area (Å²) in [5.41, 5.74) is 8.08. The van der Waals surface area contributed by atoms with Crippen LogP contribution in [0.1, 0.15) is 0 Å². The van der Waals surface area contributed by atoms with E-state index in [-0.39, 0.29) is 0 Å². The molecule has 1 aliphatic rings. The molecule has 0 saturated heterocycles. The fraction of sp³-hybridized carbons (Fsp3) is 0. The van der Waals surface area contributed by atoms with Gasteiger partial charge in [0.1, 0.15) is 5.82 Å². The Balaban J connectivity index is 1.18. The number of benzene rings is 11. The summed E-state index contributed by atoms with van der Waals surface area (Å²) in [5, 5.41) is 14.2. The van der Waals surface area contributed by atoms with Crippen LogP contribution in [0.25, 0.3) is 104 Å². The molecule has 4 heteroatoms. The second-order valence-electron chi connectivity index (χ2n) is 16.1. The Morgan fingerprint density at radius 1 is 0.410 bits per heavy atom. The summed E-state index contributed by atoms with van der Waals surface area (Å²) >= 11 is 0. The Morgan fingerprint density at radius 2 is 0.984 bits per heavy atom. The van der Waals surface area contributed by atoms with Crippen molar-refractivity contribution in [3.8, 4) is 39.3 Å². The lowest BCUT2D eigenvalue weighted by molar-refractivity contribution is 0.592. The number of para-hydroxylation sites is 1. The Kier molecular flexibility index (Phi) is 7.29.